The van der Waals surface area contributed by atoms with Crippen LogP contribution in [0.4, 0.5) is 0 Å². The lowest BCUT2D eigenvalue weighted by Crippen LogP contribution is -1.82. The van der Waals surface area contributed by atoms with Crippen molar-refractivity contribution in [3.8, 4) is 22.8 Å². The third-order valence-electron chi connectivity index (χ3n) is 2.69. The molecular formula is C14H7Cl3N2O. The third kappa shape index (κ3) is 2.66. The van der Waals surface area contributed by atoms with Gasteiger partial charge in [-0.1, -0.05) is 40.0 Å². The molecule has 100 valence electrons. The quantitative estimate of drug-likeness (QED) is 0.636. The minimum atomic E-state index is 0.322. The van der Waals surface area contributed by atoms with E-state index in [2.05, 4.69) is 10.1 Å². The SMILES string of the molecule is Clc1ccc(-c2noc(-c3cc(Cl)ccc3Cl)n2)cc1. The van der Waals surface area contributed by atoms with Gasteiger partial charge in [-0.25, -0.2) is 0 Å². The van der Waals surface area contributed by atoms with E-state index in [4.69, 9.17) is 39.3 Å². The van der Waals surface area contributed by atoms with Gasteiger partial charge in [0.1, 0.15) is 0 Å². The average molecular weight is 326 g/mol. The highest BCUT2D eigenvalue weighted by Gasteiger charge is 2.13. The number of benzene rings is 2. The van der Waals surface area contributed by atoms with Gasteiger partial charge in [0.15, 0.2) is 0 Å². The van der Waals surface area contributed by atoms with Crippen LogP contribution in [0.15, 0.2) is 47.0 Å². The second kappa shape index (κ2) is 5.44. The molecule has 0 bridgehead atoms. The van der Waals surface area contributed by atoms with Gasteiger partial charge in [0.2, 0.25) is 5.82 Å². The summed E-state index contributed by atoms with van der Waals surface area (Å²) >= 11 is 17.9. The summed E-state index contributed by atoms with van der Waals surface area (Å²) in [5, 5.41) is 5.63. The molecule has 0 aliphatic carbocycles. The van der Waals surface area contributed by atoms with Gasteiger partial charge >= 0.3 is 0 Å². The molecule has 0 atom stereocenters. The van der Waals surface area contributed by atoms with Crippen LogP contribution < -0.4 is 0 Å². The van der Waals surface area contributed by atoms with E-state index in [0.717, 1.165) is 5.56 Å². The molecule has 1 heterocycles. The van der Waals surface area contributed by atoms with Crippen molar-refractivity contribution in [2.45, 2.75) is 0 Å². The Bertz CT molecular complexity index is 753. The summed E-state index contributed by atoms with van der Waals surface area (Å²) in [4.78, 5) is 4.32. The van der Waals surface area contributed by atoms with Crippen molar-refractivity contribution in [2.75, 3.05) is 0 Å². The molecule has 0 saturated carbocycles. The number of halogens is 3. The number of hydrogen-bond acceptors (Lipinski definition) is 3. The maximum atomic E-state index is 6.10. The van der Waals surface area contributed by atoms with Crippen molar-refractivity contribution < 1.29 is 4.52 Å². The van der Waals surface area contributed by atoms with Gasteiger partial charge in [-0.05, 0) is 42.5 Å². The molecular weight excluding hydrogens is 319 g/mol. The standard InChI is InChI=1S/C14H7Cl3N2O/c15-9-3-1-8(2-4-9)13-18-14(20-19-13)11-7-10(16)5-6-12(11)17/h1-7H. The van der Waals surface area contributed by atoms with Crippen molar-refractivity contribution in [2.24, 2.45) is 0 Å². The highest BCUT2D eigenvalue weighted by Crippen LogP contribution is 2.30. The zero-order valence-electron chi connectivity index (χ0n) is 9.98. The molecule has 20 heavy (non-hydrogen) atoms. The Morgan fingerprint density at radius 3 is 2.30 bits per heavy atom. The van der Waals surface area contributed by atoms with E-state index >= 15 is 0 Å². The maximum Gasteiger partial charge on any atom is 0.259 e. The smallest absolute Gasteiger partial charge is 0.259 e. The summed E-state index contributed by atoms with van der Waals surface area (Å²) < 4.78 is 5.23. The molecule has 0 fully saturated rings. The first-order valence-electron chi connectivity index (χ1n) is 5.68. The van der Waals surface area contributed by atoms with E-state index in [0.29, 0.717) is 32.3 Å². The van der Waals surface area contributed by atoms with E-state index in [9.17, 15) is 0 Å². The van der Waals surface area contributed by atoms with Gasteiger partial charge < -0.3 is 4.52 Å². The van der Waals surface area contributed by atoms with Crippen LogP contribution in [0.1, 0.15) is 0 Å². The first kappa shape index (κ1) is 13.4. The van der Waals surface area contributed by atoms with Crippen LogP contribution in [0, 0.1) is 0 Å². The van der Waals surface area contributed by atoms with Gasteiger partial charge in [0.25, 0.3) is 5.89 Å². The Morgan fingerprint density at radius 2 is 1.55 bits per heavy atom. The molecule has 0 aliphatic rings. The van der Waals surface area contributed by atoms with Crippen LogP contribution in [0.25, 0.3) is 22.8 Å². The fourth-order valence-corrected chi connectivity index (χ4v) is 2.21. The molecule has 3 nitrogen and oxygen atoms in total. The molecule has 0 amide bonds. The largest absolute Gasteiger partial charge is 0.334 e. The average Bonchev–Trinajstić information content (AvgIpc) is 2.92. The van der Waals surface area contributed by atoms with Crippen molar-refractivity contribution >= 4 is 34.8 Å². The maximum absolute atomic E-state index is 6.10. The third-order valence-corrected chi connectivity index (χ3v) is 3.50. The lowest BCUT2D eigenvalue weighted by atomic mass is 10.2. The van der Waals surface area contributed by atoms with E-state index in [1.807, 2.05) is 12.1 Å². The summed E-state index contributed by atoms with van der Waals surface area (Å²) in [7, 11) is 0. The molecule has 1 aromatic heterocycles. The van der Waals surface area contributed by atoms with Gasteiger partial charge in [0.05, 0.1) is 10.6 Å². The molecule has 0 unspecified atom stereocenters. The highest BCUT2D eigenvalue weighted by atomic mass is 35.5. The van der Waals surface area contributed by atoms with Crippen molar-refractivity contribution in [3.05, 3.63) is 57.5 Å². The molecule has 3 aromatic rings. The van der Waals surface area contributed by atoms with E-state index in [1.54, 1.807) is 30.3 Å². The Morgan fingerprint density at radius 1 is 0.850 bits per heavy atom. The van der Waals surface area contributed by atoms with Crippen LogP contribution in [0.2, 0.25) is 15.1 Å². The van der Waals surface area contributed by atoms with Gasteiger partial charge in [-0.3, -0.25) is 0 Å². The minimum absolute atomic E-state index is 0.322. The monoisotopic (exact) mass is 324 g/mol. The summed E-state index contributed by atoms with van der Waals surface area (Å²) in [5.41, 5.74) is 1.41. The van der Waals surface area contributed by atoms with Crippen LogP contribution in [0.3, 0.4) is 0 Å². The molecule has 3 rings (SSSR count). The number of hydrogen-bond donors (Lipinski definition) is 0. The summed E-state index contributed by atoms with van der Waals surface area (Å²) in [6, 6.07) is 12.2. The van der Waals surface area contributed by atoms with Gasteiger partial charge in [-0.2, -0.15) is 4.98 Å². The number of nitrogens with zero attached hydrogens (tertiary/aromatic N) is 2. The molecule has 0 spiro atoms. The first-order valence-corrected chi connectivity index (χ1v) is 6.82. The highest BCUT2D eigenvalue weighted by molar-refractivity contribution is 6.35. The van der Waals surface area contributed by atoms with Crippen LogP contribution in [-0.4, -0.2) is 10.1 Å². The lowest BCUT2D eigenvalue weighted by molar-refractivity contribution is 0.432. The second-order valence-corrected chi connectivity index (χ2v) is 5.33. The Labute approximate surface area is 130 Å². The van der Waals surface area contributed by atoms with E-state index < -0.39 is 0 Å². The second-order valence-electron chi connectivity index (χ2n) is 4.05. The van der Waals surface area contributed by atoms with E-state index in [-0.39, 0.29) is 0 Å². The fraction of sp³-hybridized carbons (Fsp3) is 0. The Balaban J connectivity index is 2.01. The summed E-state index contributed by atoms with van der Waals surface area (Å²) in [5.74, 6) is 0.787. The topological polar surface area (TPSA) is 38.9 Å². The Hall–Kier alpha value is -1.55. The van der Waals surface area contributed by atoms with E-state index in [1.165, 1.54) is 0 Å². The predicted octanol–water partition coefficient (Wildman–Crippen LogP) is 5.36. The molecule has 0 aliphatic heterocycles. The van der Waals surface area contributed by atoms with Crippen LogP contribution in [0.5, 0.6) is 0 Å². The molecule has 0 saturated heterocycles. The molecule has 2 aromatic carbocycles. The van der Waals surface area contributed by atoms with Crippen LogP contribution >= 0.6 is 34.8 Å². The lowest BCUT2D eigenvalue weighted by Gasteiger charge is -1.98. The number of rotatable bonds is 2. The van der Waals surface area contributed by atoms with Crippen molar-refractivity contribution in [1.29, 1.82) is 0 Å². The Kier molecular flexibility index (Phi) is 3.66. The van der Waals surface area contributed by atoms with Gasteiger partial charge in [0, 0.05) is 15.6 Å². The first-order chi connectivity index (χ1) is 9.63. The van der Waals surface area contributed by atoms with Crippen molar-refractivity contribution in [3.63, 3.8) is 0 Å². The normalized spacial score (nSPS) is 10.8. The zero-order chi connectivity index (χ0) is 14.1. The summed E-state index contributed by atoms with van der Waals surface area (Å²) in [6.07, 6.45) is 0. The number of aromatic nitrogens is 2. The molecule has 0 N–H and O–H groups in total. The minimum Gasteiger partial charge on any atom is -0.334 e. The molecule has 6 heteroatoms. The van der Waals surface area contributed by atoms with Crippen molar-refractivity contribution in [1.82, 2.24) is 10.1 Å². The molecule has 0 radical (unpaired) electrons. The van der Waals surface area contributed by atoms with Crippen LogP contribution in [-0.2, 0) is 0 Å². The van der Waals surface area contributed by atoms with Gasteiger partial charge in [-0.15, -0.1) is 0 Å². The zero-order valence-corrected chi connectivity index (χ0v) is 12.2. The summed E-state index contributed by atoms with van der Waals surface area (Å²) in [6.45, 7) is 0. The fourth-order valence-electron chi connectivity index (χ4n) is 1.71. The predicted molar refractivity (Wildman–Crippen MR) is 80.2 cm³/mol.